The van der Waals surface area contributed by atoms with Crippen LogP contribution < -0.4 is 10.6 Å². The zero-order valence-corrected chi connectivity index (χ0v) is 12.1. The van der Waals surface area contributed by atoms with E-state index in [0.717, 1.165) is 17.7 Å². The molecular formula is C15H12Cl2N2O. The molecule has 5 heteroatoms. The van der Waals surface area contributed by atoms with Crippen LogP contribution in [0.4, 0.5) is 11.4 Å². The molecule has 0 aliphatic carbocycles. The fourth-order valence-corrected chi connectivity index (χ4v) is 2.90. The van der Waals surface area contributed by atoms with Gasteiger partial charge in [0.05, 0.1) is 10.6 Å². The number of nitrogens with zero attached hydrogens (tertiary/aromatic N) is 1. The Bertz CT molecular complexity index is 700. The lowest BCUT2D eigenvalue weighted by Crippen LogP contribution is -2.29. The molecule has 2 aromatic carbocycles. The number of nitrogens with two attached hydrogens (primary N) is 1. The van der Waals surface area contributed by atoms with Crippen LogP contribution in [0.3, 0.4) is 0 Å². The lowest BCUT2D eigenvalue weighted by Gasteiger charge is -2.18. The molecule has 0 bridgehead atoms. The summed E-state index contributed by atoms with van der Waals surface area (Å²) in [4.78, 5) is 14.3. The lowest BCUT2D eigenvalue weighted by molar-refractivity contribution is 0.0989. The summed E-state index contributed by atoms with van der Waals surface area (Å²) in [7, 11) is 0. The Labute approximate surface area is 126 Å². The summed E-state index contributed by atoms with van der Waals surface area (Å²) in [5.74, 6) is -0.129. The van der Waals surface area contributed by atoms with E-state index in [1.165, 1.54) is 0 Å². The van der Waals surface area contributed by atoms with Crippen LogP contribution in [0.5, 0.6) is 0 Å². The maximum absolute atomic E-state index is 12.6. The number of carbonyl (C=O) groups excluding carboxylic acids is 1. The molecule has 0 aromatic heterocycles. The van der Waals surface area contributed by atoms with Gasteiger partial charge in [-0.05, 0) is 42.3 Å². The van der Waals surface area contributed by atoms with Crippen molar-refractivity contribution < 1.29 is 4.79 Å². The van der Waals surface area contributed by atoms with Crippen molar-refractivity contribution in [3.05, 3.63) is 57.6 Å². The van der Waals surface area contributed by atoms with Gasteiger partial charge in [-0.25, -0.2) is 0 Å². The minimum absolute atomic E-state index is 0.129. The Balaban J connectivity index is 1.99. The van der Waals surface area contributed by atoms with E-state index in [0.29, 0.717) is 27.8 Å². The molecule has 2 aromatic rings. The summed E-state index contributed by atoms with van der Waals surface area (Å²) < 4.78 is 0. The number of halogens is 2. The summed E-state index contributed by atoms with van der Waals surface area (Å²) in [5.41, 5.74) is 8.88. The van der Waals surface area contributed by atoms with E-state index < -0.39 is 0 Å². The Kier molecular flexibility index (Phi) is 3.32. The van der Waals surface area contributed by atoms with Gasteiger partial charge in [-0.2, -0.15) is 0 Å². The minimum atomic E-state index is -0.129. The van der Waals surface area contributed by atoms with E-state index >= 15 is 0 Å². The molecule has 3 rings (SSSR count). The van der Waals surface area contributed by atoms with Crippen LogP contribution in [0, 0.1) is 0 Å². The molecule has 1 amide bonds. The van der Waals surface area contributed by atoms with E-state index in [1.54, 1.807) is 23.1 Å². The highest BCUT2D eigenvalue weighted by Gasteiger charge is 2.26. The number of nitrogen functional groups attached to an aromatic ring is 1. The molecule has 0 saturated carbocycles. The molecule has 0 fully saturated rings. The number of fused-ring (bicyclic) bond motifs is 1. The third-order valence-corrected chi connectivity index (χ3v) is 3.96. The van der Waals surface area contributed by atoms with Crippen LogP contribution in [0.25, 0.3) is 0 Å². The predicted octanol–water partition coefficient (Wildman–Crippen LogP) is 3.78. The van der Waals surface area contributed by atoms with Gasteiger partial charge in [0.1, 0.15) is 0 Å². The van der Waals surface area contributed by atoms with Gasteiger partial charge in [-0.15, -0.1) is 0 Å². The highest BCUT2D eigenvalue weighted by molar-refractivity contribution is 6.37. The fraction of sp³-hybridized carbons (Fsp3) is 0.133. The van der Waals surface area contributed by atoms with E-state index in [4.69, 9.17) is 28.9 Å². The maximum atomic E-state index is 12.6. The van der Waals surface area contributed by atoms with Gasteiger partial charge in [0.15, 0.2) is 0 Å². The smallest absolute Gasteiger partial charge is 0.259 e. The van der Waals surface area contributed by atoms with Gasteiger partial charge in [-0.1, -0.05) is 29.3 Å². The van der Waals surface area contributed by atoms with Crippen molar-refractivity contribution >= 4 is 40.5 Å². The maximum Gasteiger partial charge on any atom is 0.259 e. The second kappa shape index (κ2) is 5.00. The molecule has 0 saturated heterocycles. The first-order valence-electron chi connectivity index (χ1n) is 6.21. The molecule has 0 atom stereocenters. The molecule has 102 valence electrons. The third-order valence-electron chi connectivity index (χ3n) is 3.41. The van der Waals surface area contributed by atoms with Gasteiger partial charge in [0, 0.05) is 22.9 Å². The molecule has 1 heterocycles. The number of hydrogen-bond donors (Lipinski definition) is 1. The van der Waals surface area contributed by atoms with E-state index in [2.05, 4.69) is 0 Å². The molecule has 3 nitrogen and oxygen atoms in total. The zero-order valence-electron chi connectivity index (χ0n) is 10.6. The topological polar surface area (TPSA) is 46.3 Å². The quantitative estimate of drug-likeness (QED) is 0.815. The molecule has 0 radical (unpaired) electrons. The first kappa shape index (κ1) is 13.3. The van der Waals surface area contributed by atoms with Crippen LogP contribution in [-0.2, 0) is 6.42 Å². The summed E-state index contributed by atoms with van der Waals surface area (Å²) in [6, 6.07) is 10.5. The van der Waals surface area contributed by atoms with Gasteiger partial charge >= 0.3 is 0 Å². The second-order valence-electron chi connectivity index (χ2n) is 4.72. The Morgan fingerprint density at radius 1 is 1.15 bits per heavy atom. The monoisotopic (exact) mass is 306 g/mol. The van der Waals surface area contributed by atoms with Crippen molar-refractivity contribution in [2.75, 3.05) is 17.2 Å². The SMILES string of the molecule is Nc1ccc2c(c1)N(C(=O)c1ccc(Cl)cc1Cl)CC2. The number of rotatable bonds is 1. The van der Waals surface area contributed by atoms with Gasteiger partial charge in [0.25, 0.3) is 5.91 Å². The average Bonchev–Trinajstić information content (AvgIpc) is 2.81. The summed E-state index contributed by atoms with van der Waals surface area (Å²) in [5, 5.41) is 0.873. The molecule has 0 unspecified atom stereocenters. The minimum Gasteiger partial charge on any atom is -0.399 e. The number of benzene rings is 2. The van der Waals surface area contributed by atoms with E-state index in [1.807, 2.05) is 18.2 Å². The Morgan fingerprint density at radius 2 is 1.95 bits per heavy atom. The fourth-order valence-electron chi connectivity index (χ4n) is 2.42. The van der Waals surface area contributed by atoms with Crippen LogP contribution >= 0.6 is 23.2 Å². The first-order chi connectivity index (χ1) is 9.56. The van der Waals surface area contributed by atoms with Crippen molar-refractivity contribution in [3.63, 3.8) is 0 Å². The van der Waals surface area contributed by atoms with Crippen molar-refractivity contribution in [2.24, 2.45) is 0 Å². The standard InChI is InChI=1S/C15H12Cl2N2O/c16-10-2-4-12(13(17)7-10)15(20)19-6-5-9-1-3-11(18)8-14(9)19/h1-4,7-8H,5-6,18H2. The third kappa shape index (κ3) is 2.23. The van der Waals surface area contributed by atoms with Crippen LogP contribution in [-0.4, -0.2) is 12.5 Å². The molecule has 2 N–H and O–H groups in total. The van der Waals surface area contributed by atoms with E-state index in [9.17, 15) is 4.79 Å². The largest absolute Gasteiger partial charge is 0.399 e. The summed E-state index contributed by atoms with van der Waals surface area (Å²) >= 11 is 12.0. The normalized spacial score (nSPS) is 13.4. The average molecular weight is 307 g/mol. The molecule has 0 spiro atoms. The summed E-state index contributed by atoms with van der Waals surface area (Å²) in [6.07, 6.45) is 0.826. The number of hydrogen-bond acceptors (Lipinski definition) is 2. The van der Waals surface area contributed by atoms with Crippen molar-refractivity contribution in [1.29, 1.82) is 0 Å². The predicted molar refractivity (Wildman–Crippen MR) is 82.7 cm³/mol. The van der Waals surface area contributed by atoms with Crippen molar-refractivity contribution in [2.45, 2.75) is 6.42 Å². The van der Waals surface area contributed by atoms with Crippen LogP contribution in [0.1, 0.15) is 15.9 Å². The number of carbonyl (C=O) groups is 1. The van der Waals surface area contributed by atoms with Crippen LogP contribution in [0.2, 0.25) is 10.0 Å². The molecule has 20 heavy (non-hydrogen) atoms. The Morgan fingerprint density at radius 3 is 2.70 bits per heavy atom. The number of amides is 1. The molecular weight excluding hydrogens is 295 g/mol. The summed E-state index contributed by atoms with van der Waals surface area (Å²) in [6.45, 7) is 0.635. The van der Waals surface area contributed by atoms with Gasteiger partial charge < -0.3 is 10.6 Å². The van der Waals surface area contributed by atoms with Crippen LogP contribution in [0.15, 0.2) is 36.4 Å². The van der Waals surface area contributed by atoms with E-state index in [-0.39, 0.29) is 5.91 Å². The highest BCUT2D eigenvalue weighted by atomic mass is 35.5. The second-order valence-corrected chi connectivity index (χ2v) is 5.56. The van der Waals surface area contributed by atoms with Crippen molar-refractivity contribution in [1.82, 2.24) is 0 Å². The number of anilines is 2. The lowest BCUT2D eigenvalue weighted by atomic mass is 10.1. The highest BCUT2D eigenvalue weighted by Crippen LogP contribution is 2.32. The first-order valence-corrected chi connectivity index (χ1v) is 6.97. The molecule has 1 aliphatic heterocycles. The molecule has 1 aliphatic rings. The Hall–Kier alpha value is -1.71. The van der Waals surface area contributed by atoms with Gasteiger partial charge in [0.2, 0.25) is 0 Å². The van der Waals surface area contributed by atoms with Crippen molar-refractivity contribution in [3.8, 4) is 0 Å². The zero-order chi connectivity index (χ0) is 14.3. The van der Waals surface area contributed by atoms with Gasteiger partial charge in [-0.3, -0.25) is 4.79 Å².